The number of rotatable bonds is 5. The molecule has 0 aliphatic heterocycles. The van der Waals surface area contributed by atoms with Gasteiger partial charge >= 0.3 is 23.1 Å². The fraction of sp³-hybridized carbons (Fsp3) is 0.400. The van der Waals surface area contributed by atoms with E-state index in [1.54, 1.807) is 0 Å². The third kappa shape index (κ3) is 6.35. The van der Waals surface area contributed by atoms with Crippen molar-refractivity contribution in [1.82, 2.24) is 0 Å². The number of alkyl halides is 1. The SMILES string of the molecule is BrCCCCOc1ccccc1.[H-].[H-].[Mg+2]. The second-order valence-corrected chi connectivity index (χ2v) is 3.35. The fourth-order valence-electron chi connectivity index (χ4n) is 0.903. The van der Waals surface area contributed by atoms with Gasteiger partial charge in [-0.1, -0.05) is 34.1 Å². The van der Waals surface area contributed by atoms with Crippen LogP contribution in [0.5, 0.6) is 5.75 Å². The van der Waals surface area contributed by atoms with Crippen molar-refractivity contribution in [1.29, 1.82) is 0 Å². The van der Waals surface area contributed by atoms with Crippen LogP contribution in [0, 0.1) is 0 Å². The van der Waals surface area contributed by atoms with Crippen molar-refractivity contribution < 1.29 is 7.59 Å². The van der Waals surface area contributed by atoms with Crippen LogP contribution >= 0.6 is 15.9 Å². The van der Waals surface area contributed by atoms with Crippen molar-refractivity contribution in [2.24, 2.45) is 0 Å². The van der Waals surface area contributed by atoms with Crippen LogP contribution in [0.3, 0.4) is 0 Å². The maximum Gasteiger partial charge on any atom is 2.00 e. The molecule has 0 unspecified atom stereocenters. The number of ether oxygens (including phenoxy) is 1. The van der Waals surface area contributed by atoms with E-state index in [0.717, 1.165) is 24.1 Å². The minimum absolute atomic E-state index is 0. The van der Waals surface area contributed by atoms with Gasteiger partial charge in [0.05, 0.1) is 6.61 Å². The average Bonchev–Trinajstić information content (AvgIpc) is 2.14. The maximum atomic E-state index is 5.49. The van der Waals surface area contributed by atoms with Gasteiger partial charge in [0, 0.05) is 5.33 Å². The molecular formula is C10H15BrMgO. The molecular weight excluding hydrogens is 240 g/mol. The zero-order valence-electron chi connectivity index (χ0n) is 9.71. The second kappa shape index (κ2) is 8.85. The molecule has 0 fully saturated rings. The van der Waals surface area contributed by atoms with Gasteiger partial charge in [-0.15, -0.1) is 0 Å². The van der Waals surface area contributed by atoms with E-state index in [9.17, 15) is 0 Å². The summed E-state index contributed by atoms with van der Waals surface area (Å²) < 4.78 is 5.49. The van der Waals surface area contributed by atoms with E-state index in [4.69, 9.17) is 4.74 Å². The van der Waals surface area contributed by atoms with Crippen LogP contribution in [0.15, 0.2) is 30.3 Å². The zero-order chi connectivity index (χ0) is 8.65. The van der Waals surface area contributed by atoms with Crippen LogP contribution in [0.1, 0.15) is 15.7 Å². The summed E-state index contributed by atoms with van der Waals surface area (Å²) in [5.41, 5.74) is 0. The second-order valence-electron chi connectivity index (χ2n) is 2.56. The third-order valence-corrected chi connectivity index (χ3v) is 2.10. The summed E-state index contributed by atoms with van der Waals surface area (Å²) in [6, 6.07) is 9.92. The Labute approximate surface area is 107 Å². The largest absolute Gasteiger partial charge is 2.00 e. The van der Waals surface area contributed by atoms with Gasteiger partial charge in [-0.3, -0.25) is 0 Å². The molecule has 0 aliphatic rings. The van der Waals surface area contributed by atoms with E-state index < -0.39 is 0 Å². The molecule has 0 N–H and O–H groups in total. The van der Waals surface area contributed by atoms with E-state index in [2.05, 4.69) is 15.9 Å². The number of halogens is 1. The Hall–Kier alpha value is 0.266. The molecule has 0 radical (unpaired) electrons. The number of para-hydroxylation sites is 1. The molecule has 0 saturated carbocycles. The van der Waals surface area contributed by atoms with E-state index in [0.29, 0.717) is 0 Å². The summed E-state index contributed by atoms with van der Waals surface area (Å²) in [6.07, 6.45) is 2.28. The van der Waals surface area contributed by atoms with Crippen molar-refractivity contribution in [2.75, 3.05) is 11.9 Å². The first kappa shape index (κ1) is 13.3. The smallest absolute Gasteiger partial charge is 1.00 e. The Morgan fingerprint density at radius 2 is 1.85 bits per heavy atom. The van der Waals surface area contributed by atoms with E-state index in [1.165, 1.54) is 6.42 Å². The van der Waals surface area contributed by atoms with Crippen molar-refractivity contribution in [3.8, 4) is 5.75 Å². The molecule has 1 rings (SSSR count). The van der Waals surface area contributed by atoms with Crippen molar-refractivity contribution in [3.63, 3.8) is 0 Å². The summed E-state index contributed by atoms with van der Waals surface area (Å²) in [5.74, 6) is 0.965. The Bertz CT molecular complexity index is 212. The molecule has 0 saturated heterocycles. The Morgan fingerprint density at radius 1 is 1.15 bits per heavy atom. The van der Waals surface area contributed by atoms with E-state index in [1.807, 2.05) is 30.3 Å². The maximum absolute atomic E-state index is 5.49. The first-order valence-electron chi connectivity index (χ1n) is 4.17. The van der Waals surface area contributed by atoms with E-state index >= 15 is 0 Å². The van der Waals surface area contributed by atoms with Gasteiger partial charge in [-0.25, -0.2) is 0 Å². The molecule has 1 aromatic carbocycles. The Kier molecular flexibility index (Phi) is 9.03. The molecule has 1 nitrogen and oxygen atoms in total. The van der Waals surface area contributed by atoms with Gasteiger partial charge in [0.1, 0.15) is 5.75 Å². The zero-order valence-corrected chi connectivity index (χ0v) is 10.7. The third-order valence-electron chi connectivity index (χ3n) is 1.54. The molecule has 0 aromatic heterocycles. The van der Waals surface area contributed by atoms with Crippen LogP contribution in [0.25, 0.3) is 0 Å². The molecule has 0 atom stereocenters. The molecule has 1 aromatic rings. The molecule has 70 valence electrons. The van der Waals surface area contributed by atoms with Gasteiger partial charge in [0.25, 0.3) is 0 Å². The first-order chi connectivity index (χ1) is 5.93. The number of hydrogen-bond donors (Lipinski definition) is 0. The number of benzene rings is 1. The van der Waals surface area contributed by atoms with Gasteiger partial charge in [0.15, 0.2) is 0 Å². The minimum atomic E-state index is 0. The van der Waals surface area contributed by atoms with Crippen molar-refractivity contribution in [3.05, 3.63) is 30.3 Å². The molecule has 0 aliphatic carbocycles. The van der Waals surface area contributed by atoms with Crippen LogP contribution in [0.4, 0.5) is 0 Å². The predicted octanol–water partition coefficient (Wildman–Crippen LogP) is 3.08. The van der Waals surface area contributed by atoms with Gasteiger partial charge in [-0.2, -0.15) is 0 Å². The molecule has 0 amide bonds. The van der Waals surface area contributed by atoms with Crippen molar-refractivity contribution >= 4 is 39.0 Å². The summed E-state index contributed by atoms with van der Waals surface area (Å²) in [4.78, 5) is 0. The van der Waals surface area contributed by atoms with Crippen LogP contribution in [-0.2, 0) is 0 Å². The minimum Gasteiger partial charge on any atom is -1.00 e. The molecule has 0 heterocycles. The molecule has 0 spiro atoms. The average molecular weight is 255 g/mol. The van der Waals surface area contributed by atoms with Crippen molar-refractivity contribution in [2.45, 2.75) is 12.8 Å². The Balaban J connectivity index is -0.000000480. The van der Waals surface area contributed by atoms with E-state index in [-0.39, 0.29) is 25.9 Å². The molecule has 3 heteroatoms. The normalized spacial score (nSPS) is 9.00. The monoisotopic (exact) mass is 254 g/mol. The number of unbranched alkanes of at least 4 members (excludes halogenated alkanes) is 1. The van der Waals surface area contributed by atoms with Crippen LogP contribution < -0.4 is 4.74 Å². The first-order valence-corrected chi connectivity index (χ1v) is 5.29. The van der Waals surface area contributed by atoms with Crippen LogP contribution in [-0.4, -0.2) is 35.0 Å². The summed E-state index contributed by atoms with van der Waals surface area (Å²) in [5, 5.41) is 1.06. The Morgan fingerprint density at radius 3 is 2.46 bits per heavy atom. The quantitative estimate of drug-likeness (QED) is 0.446. The predicted molar refractivity (Wildman–Crippen MR) is 62.9 cm³/mol. The summed E-state index contributed by atoms with van der Waals surface area (Å²) in [7, 11) is 0. The molecule has 0 bridgehead atoms. The van der Waals surface area contributed by atoms with Gasteiger partial charge < -0.3 is 7.59 Å². The topological polar surface area (TPSA) is 9.23 Å². The van der Waals surface area contributed by atoms with Crippen LogP contribution in [0.2, 0.25) is 0 Å². The fourth-order valence-corrected chi connectivity index (χ4v) is 1.30. The molecule has 13 heavy (non-hydrogen) atoms. The van der Waals surface area contributed by atoms with Gasteiger partial charge in [-0.05, 0) is 25.0 Å². The summed E-state index contributed by atoms with van der Waals surface area (Å²) >= 11 is 3.38. The standard InChI is InChI=1S/C10H13BrO.Mg.2H/c11-8-4-5-9-12-10-6-2-1-3-7-10;;;/h1-3,6-7H,4-5,8-9H2;;;/q;+2;2*-1. The number of hydrogen-bond acceptors (Lipinski definition) is 1. The van der Waals surface area contributed by atoms with Gasteiger partial charge in [0.2, 0.25) is 0 Å². The summed E-state index contributed by atoms with van der Waals surface area (Å²) in [6.45, 7) is 0.815.